The first-order valence-corrected chi connectivity index (χ1v) is 9.86. The summed E-state index contributed by atoms with van der Waals surface area (Å²) in [6, 6.07) is 10.6. The summed E-state index contributed by atoms with van der Waals surface area (Å²) in [6.07, 6.45) is 2.45. The third kappa shape index (κ3) is 5.91. The largest absolute Gasteiger partial charge is 0.493 e. The molecule has 0 radical (unpaired) electrons. The van der Waals surface area contributed by atoms with E-state index in [9.17, 15) is 14.4 Å². The quantitative estimate of drug-likeness (QED) is 0.690. The summed E-state index contributed by atoms with van der Waals surface area (Å²) in [7, 11) is 0. The average molecular weight is 398 g/mol. The molecule has 2 N–H and O–H groups in total. The van der Waals surface area contributed by atoms with Crippen LogP contribution in [0.3, 0.4) is 0 Å². The molecule has 8 heteroatoms. The van der Waals surface area contributed by atoms with E-state index in [1.165, 1.54) is 12.1 Å². The van der Waals surface area contributed by atoms with Gasteiger partial charge in [-0.3, -0.25) is 14.4 Å². The second-order valence-electron chi connectivity index (χ2n) is 7.16. The van der Waals surface area contributed by atoms with Gasteiger partial charge in [0, 0.05) is 31.6 Å². The van der Waals surface area contributed by atoms with Crippen molar-refractivity contribution < 1.29 is 14.3 Å². The summed E-state index contributed by atoms with van der Waals surface area (Å²) in [5.41, 5.74) is 0.961. The van der Waals surface area contributed by atoms with Gasteiger partial charge in [0.15, 0.2) is 0 Å². The van der Waals surface area contributed by atoms with Crippen molar-refractivity contribution in [3.63, 3.8) is 0 Å². The van der Waals surface area contributed by atoms with Gasteiger partial charge in [0.1, 0.15) is 11.4 Å². The van der Waals surface area contributed by atoms with Gasteiger partial charge >= 0.3 is 0 Å². The number of hydrogen-bond donors (Lipinski definition) is 2. The molecule has 29 heavy (non-hydrogen) atoms. The van der Waals surface area contributed by atoms with Crippen molar-refractivity contribution >= 4 is 11.8 Å². The second kappa shape index (κ2) is 9.86. The molecule has 8 nitrogen and oxygen atoms in total. The van der Waals surface area contributed by atoms with Crippen LogP contribution in [0.5, 0.6) is 5.75 Å². The summed E-state index contributed by atoms with van der Waals surface area (Å²) in [5.74, 6) is 0.645. The highest BCUT2D eigenvalue weighted by Crippen LogP contribution is 2.16. The fraction of sp³-hybridized carbons (Fsp3) is 0.429. The minimum Gasteiger partial charge on any atom is -0.493 e. The topological polar surface area (TPSA) is 104 Å². The van der Waals surface area contributed by atoms with E-state index in [0.29, 0.717) is 45.4 Å². The third-order valence-corrected chi connectivity index (χ3v) is 4.94. The lowest BCUT2D eigenvalue weighted by atomic mass is 10.0. The Balaban J connectivity index is 1.35. The number of aromatic nitrogens is 2. The Morgan fingerprint density at radius 3 is 2.66 bits per heavy atom. The first kappa shape index (κ1) is 20.6. The zero-order valence-corrected chi connectivity index (χ0v) is 16.5. The molecular formula is C21H26N4O4. The van der Waals surface area contributed by atoms with Crippen LogP contribution in [0.4, 0.5) is 0 Å². The minimum absolute atomic E-state index is 0.00506. The number of nitrogens with zero attached hydrogens (tertiary/aromatic N) is 2. The first-order chi connectivity index (χ1) is 14.0. The number of aromatic amines is 1. The van der Waals surface area contributed by atoms with Gasteiger partial charge in [-0.05, 0) is 43.9 Å². The van der Waals surface area contributed by atoms with Gasteiger partial charge in [-0.25, -0.2) is 5.10 Å². The zero-order valence-electron chi connectivity index (χ0n) is 16.5. The molecule has 2 aromatic rings. The molecule has 1 aliphatic heterocycles. The number of H-pyrrole nitrogens is 1. The van der Waals surface area contributed by atoms with Gasteiger partial charge in [-0.1, -0.05) is 18.2 Å². The SMILES string of the molecule is Cc1ccccc1OCCCC(=O)NC1CCN(C(=O)c2ccc(=O)[nH]n2)CC1. The predicted molar refractivity (Wildman–Crippen MR) is 108 cm³/mol. The molecule has 154 valence electrons. The van der Waals surface area contributed by atoms with Gasteiger partial charge in [0.05, 0.1) is 6.61 Å². The fourth-order valence-corrected chi connectivity index (χ4v) is 3.29. The van der Waals surface area contributed by atoms with Crippen LogP contribution >= 0.6 is 0 Å². The Bertz CT molecular complexity index is 883. The number of amides is 2. The molecule has 1 aromatic heterocycles. The van der Waals surface area contributed by atoms with Gasteiger partial charge in [0.2, 0.25) is 5.91 Å². The van der Waals surface area contributed by atoms with Crippen molar-refractivity contribution in [1.82, 2.24) is 20.4 Å². The van der Waals surface area contributed by atoms with Crippen LogP contribution in [-0.4, -0.2) is 52.6 Å². The van der Waals surface area contributed by atoms with Crippen molar-refractivity contribution in [2.45, 2.75) is 38.6 Å². The fourth-order valence-electron chi connectivity index (χ4n) is 3.29. The Hall–Kier alpha value is -3.16. The van der Waals surface area contributed by atoms with Crippen molar-refractivity contribution in [2.75, 3.05) is 19.7 Å². The number of carbonyl (C=O) groups is 2. The van der Waals surface area contributed by atoms with Crippen LogP contribution < -0.4 is 15.6 Å². The van der Waals surface area contributed by atoms with Crippen molar-refractivity contribution in [1.29, 1.82) is 0 Å². The highest BCUT2D eigenvalue weighted by atomic mass is 16.5. The Kier molecular flexibility index (Phi) is 6.99. The average Bonchev–Trinajstić information content (AvgIpc) is 2.73. The monoisotopic (exact) mass is 398 g/mol. The van der Waals surface area contributed by atoms with Gasteiger partial charge in [0.25, 0.3) is 11.5 Å². The number of nitrogens with one attached hydrogen (secondary N) is 2. The van der Waals surface area contributed by atoms with E-state index in [2.05, 4.69) is 15.5 Å². The van der Waals surface area contributed by atoms with Gasteiger partial charge < -0.3 is 15.0 Å². The minimum atomic E-state index is -0.340. The molecule has 2 amide bonds. The summed E-state index contributed by atoms with van der Waals surface area (Å²) < 4.78 is 5.71. The lowest BCUT2D eigenvalue weighted by molar-refractivity contribution is -0.122. The lowest BCUT2D eigenvalue weighted by Gasteiger charge is -2.32. The molecule has 1 aromatic carbocycles. The molecular weight excluding hydrogens is 372 g/mol. The molecule has 1 aliphatic rings. The number of para-hydroxylation sites is 1. The number of benzene rings is 1. The van der Waals surface area contributed by atoms with E-state index < -0.39 is 0 Å². The summed E-state index contributed by atoms with van der Waals surface area (Å²) >= 11 is 0. The summed E-state index contributed by atoms with van der Waals surface area (Å²) in [5, 5.41) is 9.09. The van der Waals surface area contributed by atoms with E-state index in [1.54, 1.807) is 4.90 Å². The molecule has 0 unspecified atom stereocenters. The molecule has 2 heterocycles. The van der Waals surface area contributed by atoms with Gasteiger partial charge in [-0.15, -0.1) is 0 Å². The normalized spacial score (nSPS) is 14.4. The number of hydrogen-bond acceptors (Lipinski definition) is 5. The smallest absolute Gasteiger partial charge is 0.274 e. The van der Waals surface area contributed by atoms with Crippen LogP contribution in [0.15, 0.2) is 41.2 Å². The number of ether oxygens (including phenoxy) is 1. The Morgan fingerprint density at radius 1 is 1.21 bits per heavy atom. The number of rotatable bonds is 7. The van der Waals surface area contributed by atoms with Crippen LogP contribution in [0.1, 0.15) is 41.7 Å². The molecule has 0 atom stereocenters. The van der Waals surface area contributed by atoms with E-state index >= 15 is 0 Å². The number of likely N-dealkylation sites (tertiary alicyclic amines) is 1. The Labute approximate surface area is 169 Å². The highest BCUT2D eigenvalue weighted by Gasteiger charge is 2.25. The third-order valence-electron chi connectivity index (χ3n) is 4.94. The van der Waals surface area contributed by atoms with Crippen molar-refractivity contribution in [3.05, 3.63) is 58.0 Å². The van der Waals surface area contributed by atoms with Crippen LogP contribution in [-0.2, 0) is 4.79 Å². The molecule has 0 aliphatic carbocycles. The molecule has 0 spiro atoms. The maximum Gasteiger partial charge on any atom is 0.274 e. The Morgan fingerprint density at radius 2 is 1.97 bits per heavy atom. The zero-order chi connectivity index (χ0) is 20.6. The number of carbonyl (C=O) groups excluding carboxylic acids is 2. The number of piperidine rings is 1. The second-order valence-corrected chi connectivity index (χ2v) is 7.16. The highest BCUT2D eigenvalue weighted by molar-refractivity contribution is 5.92. The van der Waals surface area contributed by atoms with Crippen LogP contribution in [0, 0.1) is 6.92 Å². The van der Waals surface area contributed by atoms with Crippen molar-refractivity contribution in [3.8, 4) is 5.75 Å². The van der Waals surface area contributed by atoms with Crippen LogP contribution in [0.25, 0.3) is 0 Å². The maximum atomic E-state index is 12.4. The molecule has 3 rings (SSSR count). The molecule has 0 saturated carbocycles. The first-order valence-electron chi connectivity index (χ1n) is 9.86. The standard InChI is InChI=1S/C21H26N4O4/c1-15-5-2-3-6-18(15)29-14-4-7-19(26)22-16-10-12-25(13-11-16)21(28)17-8-9-20(27)24-23-17/h2-3,5-6,8-9,16H,4,7,10-14H2,1H3,(H,22,26)(H,24,27). The maximum absolute atomic E-state index is 12.4. The van der Waals surface area contributed by atoms with Crippen molar-refractivity contribution in [2.24, 2.45) is 0 Å². The predicted octanol–water partition coefficient (Wildman–Crippen LogP) is 1.66. The number of aryl methyl sites for hydroxylation is 1. The van der Waals surface area contributed by atoms with E-state index in [0.717, 1.165) is 11.3 Å². The van der Waals surface area contributed by atoms with Crippen LogP contribution in [0.2, 0.25) is 0 Å². The molecule has 0 bridgehead atoms. The summed E-state index contributed by atoms with van der Waals surface area (Å²) in [6.45, 7) is 3.58. The summed E-state index contributed by atoms with van der Waals surface area (Å²) in [4.78, 5) is 37.3. The molecule has 1 saturated heterocycles. The van der Waals surface area contributed by atoms with Gasteiger partial charge in [-0.2, -0.15) is 5.10 Å². The van der Waals surface area contributed by atoms with E-state index in [1.807, 2.05) is 31.2 Å². The molecule has 1 fully saturated rings. The van der Waals surface area contributed by atoms with E-state index in [-0.39, 0.29) is 29.1 Å². The van der Waals surface area contributed by atoms with E-state index in [4.69, 9.17) is 4.74 Å². The lowest BCUT2D eigenvalue weighted by Crippen LogP contribution is -2.46.